The third kappa shape index (κ3) is 6.02. The van der Waals surface area contributed by atoms with Crippen LogP contribution in [0.4, 0.5) is 5.69 Å². The second kappa shape index (κ2) is 11.7. The van der Waals surface area contributed by atoms with E-state index in [1.54, 1.807) is 25.3 Å². The molecule has 0 atom stereocenters. The largest absolute Gasteiger partial charge is 0.493 e. The lowest BCUT2D eigenvalue weighted by Crippen LogP contribution is -2.27. The molecule has 36 heavy (non-hydrogen) atoms. The lowest BCUT2D eigenvalue weighted by atomic mass is 10.1. The molecule has 0 radical (unpaired) electrons. The molecular weight excluding hydrogens is 500 g/mol. The van der Waals surface area contributed by atoms with Crippen LogP contribution in [0.5, 0.6) is 17.2 Å². The number of non-ortho nitro benzene ring substituents is 1. The quantitative estimate of drug-likeness (QED) is 0.114. The number of amides is 1. The topological polar surface area (TPSA) is 91.1 Å². The monoisotopic (exact) mass is 522 g/mol. The van der Waals surface area contributed by atoms with Gasteiger partial charge in [0.25, 0.3) is 11.6 Å². The second-order valence-corrected chi connectivity index (χ2v) is 9.26. The summed E-state index contributed by atoms with van der Waals surface area (Å²) in [4.78, 5) is 25.8. The Balaban J connectivity index is 1.50. The van der Waals surface area contributed by atoms with E-state index in [2.05, 4.69) is 0 Å². The van der Waals surface area contributed by atoms with E-state index >= 15 is 0 Å². The van der Waals surface area contributed by atoms with Gasteiger partial charge in [-0.05, 0) is 29.8 Å². The fraction of sp³-hybridized carbons (Fsp3) is 0.154. The molecule has 3 aromatic rings. The van der Waals surface area contributed by atoms with Crippen molar-refractivity contribution < 1.29 is 23.9 Å². The van der Waals surface area contributed by atoms with Crippen LogP contribution in [-0.4, -0.2) is 40.4 Å². The van der Waals surface area contributed by atoms with Crippen LogP contribution in [0.1, 0.15) is 11.1 Å². The fourth-order valence-corrected chi connectivity index (χ4v) is 4.72. The van der Waals surface area contributed by atoms with Crippen LogP contribution in [0, 0.1) is 10.1 Å². The number of benzene rings is 3. The normalized spacial score (nSPS) is 14.2. The van der Waals surface area contributed by atoms with Gasteiger partial charge in [-0.2, -0.15) is 0 Å². The number of nitrogens with zero attached hydrogens (tertiary/aromatic N) is 2. The molecule has 0 saturated carbocycles. The lowest BCUT2D eigenvalue weighted by Gasteiger charge is -2.14. The first-order valence-electron chi connectivity index (χ1n) is 10.9. The Labute approximate surface area is 217 Å². The number of nitro groups is 1. The summed E-state index contributed by atoms with van der Waals surface area (Å²) in [5.74, 6) is 1.31. The van der Waals surface area contributed by atoms with Gasteiger partial charge in [0, 0.05) is 17.7 Å². The summed E-state index contributed by atoms with van der Waals surface area (Å²) in [5, 5.41) is 11.4. The highest BCUT2D eigenvalue weighted by Crippen LogP contribution is 2.36. The van der Waals surface area contributed by atoms with Crippen LogP contribution in [0.2, 0.25) is 0 Å². The number of thiocarbonyl (C=S) groups is 1. The standard InChI is InChI=1S/C26H22N2O6S2/c1-32-22-9-5-6-10-23(22)34-14-13-33-21-12-11-20(28(30)31)15-19(21)16-24-25(29)27(26(35)36-24)17-18-7-3-2-4-8-18/h2-12,15-16H,13-14,17H2,1H3/b24-16+. The summed E-state index contributed by atoms with van der Waals surface area (Å²) in [7, 11) is 1.56. The van der Waals surface area contributed by atoms with E-state index in [0.717, 1.165) is 17.3 Å². The Hall–Kier alpha value is -3.89. The van der Waals surface area contributed by atoms with Gasteiger partial charge >= 0.3 is 0 Å². The van der Waals surface area contributed by atoms with Gasteiger partial charge in [-0.3, -0.25) is 19.8 Å². The fourth-order valence-electron chi connectivity index (χ4n) is 3.48. The lowest BCUT2D eigenvalue weighted by molar-refractivity contribution is -0.384. The van der Waals surface area contributed by atoms with Crippen molar-refractivity contribution in [2.24, 2.45) is 0 Å². The van der Waals surface area contributed by atoms with E-state index in [1.807, 2.05) is 42.5 Å². The van der Waals surface area contributed by atoms with Gasteiger partial charge < -0.3 is 14.2 Å². The summed E-state index contributed by atoms with van der Waals surface area (Å²) in [5.41, 5.74) is 1.24. The number of hydrogen-bond acceptors (Lipinski definition) is 8. The van der Waals surface area contributed by atoms with E-state index in [0.29, 0.717) is 38.6 Å². The highest BCUT2D eigenvalue weighted by atomic mass is 32.2. The van der Waals surface area contributed by atoms with Gasteiger partial charge in [0.05, 0.1) is 23.5 Å². The maximum Gasteiger partial charge on any atom is 0.270 e. The molecule has 0 aromatic heterocycles. The van der Waals surface area contributed by atoms with Crippen molar-refractivity contribution in [3.8, 4) is 17.2 Å². The van der Waals surface area contributed by atoms with Crippen LogP contribution in [0.15, 0.2) is 77.7 Å². The number of carbonyl (C=O) groups is 1. The van der Waals surface area contributed by atoms with Crippen LogP contribution in [0.3, 0.4) is 0 Å². The smallest absolute Gasteiger partial charge is 0.270 e. The highest BCUT2D eigenvalue weighted by molar-refractivity contribution is 8.26. The predicted molar refractivity (Wildman–Crippen MR) is 142 cm³/mol. The zero-order chi connectivity index (χ0) is 25.5. The number of para-hydroxylation sites is 2. The van der Waals surface area contributed by atoms with E-state index in [1.165, 1.54) is 23.1 Å². The van der Waals surface area contributed by atoms with Crippen LogP contribution in [0.25, 0.3) is 6.08 Å². The number of hydrogen-bond donors (Lipinski definition) is 0. The Morgan fingerprint density at radius 3 is 2.33 bits per heavy atom. The van der Waals surface area contributed by atoms with Crippen molar-refractivity contribution in [2.75, 3.05) is 20.3 Å². The summed E-state index contributed by atoms with van der Waals surface area (Å²) >= 11 is 6.58. The molecule has 1 aliphatic rings. The number of methoxy groups -OCH3 is 1. The molecule has 3 aromatic carbocycles. The average molecular weight is 523 g/mol. The van der Waals surface area contributed by atoms with Gasteiger partial charge in [-0.1, -0.05) is 66.4 Å². The van der Waals surface area contributed by atoms with Crippen molar-refractivity contribution in [2.45, 2.75) is 6.54 Å². The van der Waals surface area contributed by atoms with Crippen LogP contribution >= 0.6 is 24.0 Å². The summed E-state index contributed by atoms with van der Waals surface area (Å²) in [6, 6.07) is 21.0. The SMILES string of the molecule is COc1ccccc1OCCOc1ccc([N+](=O)[O-])cc1/C=C1/SC(=S)N(Cc2ccccc2)C1=O. The van der Waals surface area contributed by atoms with Crippen molar-refractivity contribution in [1.29, 1.82) is 0 Å². The first-order chi connectivity index (χ1) is 17.5. The van der Waals surface area contributed by atoms with Crippen LogP contribution < -0.4 is 14.2 Å². The summed E-state index contributed by atoms with van der Waals surface area (Å²) in [6.07, 6.45) is 1.58. The molecule has 1 amide bonds. The van der Waals surface area contributed by atoms with Gasteiger partial charge in [0.2, 0.25) is 0 Å². The summed E-state index contributed by atoms with van der Waals surface area (Å²) in [6.45, 7) is 0.739. The molecular formula is C26H22N2O6S2. The van der Waals surface area contributed by atoms with E-state index < -0.39 is 4.92 Å². The van der Waals surface area contributed by atoms with Crippen molar-refractivity contribution in [3.63, 3.8) is 0 Å². The van der Waals surface area contributed by atoms with Crippen LogP contribution in [-0.2, 0) is 11.3 Å². The molecule has 0 bridgehead atoms. The molecule has 0 unspecified atom stereocenters. The number of ether oxygens (including phenoxy) is 3. The molecule has 4 rings (SSSR count). The minimum absolute atomic E-state index is 0.112. The minimum Gasteiger partial charge on any atom is -0.493 e. The Morgan fingerprint density at radius 2 is 1.64 bits per heavy atom. The molecule has 1 saturated heterocycles. The van der Waals surface area contributed by atoms with Crippen molar-refractivity contribution >= 4 is 46.0 Å². The molecule has 10 heteroatoms. The van der Waals surface area contributed by atoms with Gasteiger partial charge in [0.15, 0.2) is 11.5 Å². The van der Waals surface area contributed by atoms with E-state index in [9.17, 15) is 14.9 Å². The predicted octanol–water partition coefficient (Wildman–Crippen LogP) is 5.46. The Morgan fingerprint density at radius 1 is 0.972 bits per heavy atom. The molecule has 0 N–H and O–H groups in total. The maximum absolute atomic E-state index is 13.1. The molecule has 1 heterocycles. The highest BCUT2D eigenvalue weighted by Gasteiger charge is 2.32. The first kappa shape index (κ1) is 25.2. The minimum atomic E-state index is -0.494. The number of nitro benzene ring substituents is 1. The summed E-state index contributed by atoms with van der Waals surface area (Å²) < 4.78 is 17.3. The average Bonchev–Trinajstić information content (AvgIpc) is 3.15. The zero-order valence-electron chi connectivity index (χ0n) is 19.3. The molecule has 0 aliphatic carbocycles. The maximum atomic E-state index is 13.1. The number of carbonyl (C=O) groups excluding carboxylic acids is 1. The second-order valence-electron chi connectivity index (χ2n) is 7.58. The van der Waals surface area contributed by atoms with Gasteiger partial charge in [-0.15, -0.1) is 0 Å². The molecule has 8 nitrogen and oxygen atoms in total. The molecule has 1 aliphatic heterocycles. The Kier molecular flexibility index (Phi) is 8.19. The van der Waals surface area contributed by atoms with Crippen molar-refractivity contribution in [3.05, 3.63) is 98.9 Å². The zero-order valence-corrected chi connectivity index (χ0v) is 20.9. The third-order valence-electron chi connectivity index (χ3n) is 5.22. The first-order valence-corrected chi connectivity index (χ1v) is 12.1. The molecule has 0 spiro atoms. The third-order valence-corrected chi connectivity index (χ3v) is 6.59. The van der Waals surface area contributed by atoms with E-state index in [-0.39, 0.29) is 24.8 Å². The Bertz CT molecular complexity index is 1310. The van der Waals surface area contributed by atoms with Crippen molar-refractivity contribution in [1.82, 2.24) is 4.90 Å². The number of thioether (sulfide) groups is 1. The van der Waals surface area contributed by atoms with Gasteiger partial charge in [0.1, 0.15) is 23.3 Å². The van der Waals surface area contributed by atoms with Gasteiger partial charge in [-0.25, -0.2) is 0 Å². The van der Waals surface area contributed by atoms with E-state index in [4.69, 9.17) is 26.4 Å². The number of rotatable bonds is 10. The molecule has 1 fully saturated rings. The molecule has 184 valence electrons.